The molecule has 2 N–H and O–H groups in total. The third kappa shape index (κ3) is 2.71. The molecule has 21 heavy (non-hydrogen) atoms. The first-order valence-electron chi connectivity index (χ1n) is 6.97. The first-order chi connectivity index (χ1) is 10.3. The van der Waals surface area contributed by atoms with Crippen molar-refractivity contribution in [1.29, 1.82) is 0 Å². The lowest BCUT2D eigenvalue weighted by molar-refractivity contribution is 0.271. The van der Waals surface area contributed by atoms with Gasteiger partial charge in [0.25, 0.3) is 0 Å². The van der Waals surface area contributed by atoms with Gasteiger partial charge < -0.3 is 10.4 Å². The highest BCUT2D eigenvalue weighted by Crippen LogP contribution is 2.18. The van der Waals surface area contributed by atoms with Crippen molar-refractivity contribution >= 4 is 11.5 Å². The highest BCUT2D eigenvalue weighted by molar-refractivity contribution is 5.59. The van der Waals surface area contributed by atoms with Crippen LogP contribution in [0.25, 0.3) is 17.0 Å². The predicted octanol–water partition coefficient (Wildman–Crippen LogP) is 1.97. The predicted molar refractivity (Wildman–Crippen MR) is 81.0 cm³/mol. The van der Waals surface area contributed by atoms with E-state index in [9.17, 15) is 5.11 Å². The summed E-state index contributed by atoms with van der Waals surface area (Å²) in [4.78, 5) is 0. The van der Waals surface area contributed by atoms with Crippen molar-refractivity contribution in [2.75, 3.05) is 11.9 Å². The van der Waals surface area contributed by atoms with Crippen molar-refractivity contribution < 1.29 is 5.11 Å². The smallest absolute Gasteiger partial charge is 0.185 e. The van der Waals surface area contributed by atoms with Gasteiger partial charge >= 0.3 is 0 Å². The number of fused-ring (bicyclic) bond motifs is 1. The molecule has 0 spiro atoms. The molecule has 6 heteroatoms. The zero-order valence-electron chi connectivity index (χ0n) is 11.8. The normalized spacial score (nSPS) is 12.5. The maximum absolute atomic E-state index is 9.27. The Morgan fingerprint density at radius 2 is 1.95 bits per heavy atom. The number of aliphatic hydroxyl groups is 1. The molecule has 6 nitrogen and oxygen atoms in total. The lowest BCUT2D eigenvalue weighted by Crippen LogP contribution is -2.23. The minimum atomic E-state index is -0.00777. The molecule has 3 rings (SSSR count). The van der Waals surface area contributed by atoms with Crippen molar-refractivity contribution in [2.45, 2.75) is 19.4 Å². The summed E-state index contributed by atoms with van der Waals surface area (Å²) in [6, 6.07) is 13.5. The molecule has 0 aliphatic rings. The SMILES string of the molecule is CC[C@@H](CO)Nc1ccc2nnc(-c3ccccc3)n2n1. The van der Waals surface area contributed by atoms with Crippen LogP contribution in [0, 0.1) is 0 Å². The summed E-state index contributed by atoms with van der Waals surface area (Å²) in [5, 5.41) is 25.3. The first-order valence-corrected chi connectivity index (χ1v) is 6.97. The molecule has 0 bridgehead atoms. The van der Waals surface area contributed by atoms with E-state index in [0.29, 0.717) is 17.3 Å². The fourth-order valence-electron chi connectivity index (χ4n) is 2.12. The van der Waals surface area contributed by atoms with Crippen LogP contribution in [-0.2, 0) is 0 Å². The third-order valence-corrected chi connectivity index (χ3v) is 3.36. The summed E-state index contributed by atoms with van der Waals surface area (Å²) in [7, 11) is 0. The Morgan fingerprint density at radius 3 is 2.67 bits per heavy atom. The quantitative estimate of drug-likeness (QED) is 0.749. The molecule has 0 fully saturated rings. The maximum atomic E-state index is 9.27. The Hall–Kier alpha value is -2.47. The largest absolute Gasteiger partial charge is 0.394 e. The van der Waals surface area contributed by atoms with Gasteiger partial charge in [0.05, 0.1) is 12.6 Å². The molecule has 0 aliphatic heterocycles. The molecule has 0 unspecified atom stereocenters. The molecule has 108 valence electrons. The van der Waals surface area contributed by atoms with Crippen LogP contribution < -0.4 is 5.32 Å². The minimum absolute atomic E-state index is 0.00777. The second kappa shape index (κ2) is 5.88. The third-order valence-electron chi connectivity index (χ3n) is 3.36. The Morgan fingerprint density at radius 1 is 1.14 bits per heavy atom. The van der Waals surface area contributed by atoms with Crippen LogP contribution in [0.2, 0.25) is 0 Å². The number of nitrogens with zero attached hydrogens (tertiary/aromatic N) is 4. The van der Waals surface area contributed by atoms with Gasteiger partial charge in [0, 0.05) is 5.56 Å². The molecule has 0 radical (unpaired) electrons. The van der Waals surface area contributed by atoms with Gasteiger partial charge in [-0.25, -0.2) is 0 Å². The van der Waals surface area contributed by atoms with Crippen molar-refractivity contribution in [1.82, 2.24) is 19.8 Å². The zero-order chi connectivity index (χ0) is 14.7. The van der Waals surface area contributed by atoms with Crippen LogP contribution in [0.5, 0.6) is 0 Å². The van der Waals surface area contributed by atoms with Crippen LogP contribution in [-0.4, -0.2) is 37.6 Å². The highest BCUT2D eigenvalue weighted by atomic mass is 16.3. The van der Waals surface area contributed by atoms with E-state index >= 15 is 0 Å². The van der Waals surface area contributed by atoms with Gasteiger partial charge in [0.2, 0.25) is 0 Å². The van der Waals surface area contributed by atoms with Gasteiger partial charge in [0.15, 0.2) is 11.5 Å². The Labute approximate surface area is 122 Å². The number of aliphatic hydroxyl groups excluding tert-OH is 1. The number of hydrogen-bond donors (Lipinski definition) is 2. The second-order valence-electron chi connectivity index (χ2n) is 4.81. The highest BCUT2D eigenvalue weighted by Gasteiger charge is 2.11. The summed E-state index contributed by atoms with van der Waals surface area (Å²) >= 11 is 0. The summed E-state index contributed by atoms with van der Waals surface area (Å²) < 4.78 is 1.71. The molecule has 2 heterocycles. The Balaban J connectivity index is 2.00. The molecule has 1 aromatic carbocycles. The van der Waals surface area contributed by atoms with Crippen LogP contribution in [0.1, 0.15) is 13.3 Å². The zero-order valence-corrected chi connectivity index (χ0v) is 11.8. The molecule has 0 saturated heterocycles. The number of benzene rings is 1. The average Bonchev–Trinajstić information content (AvgIpc) is 2.96. The van der Waals surface area contributed by atoms with Crippen LogP contribution in [0.4, 0.5) is 5.82 Å². The van der Waals surface area contributed by atoms with Gasteiger partial charge in [-0.1, -0.05) is 37.3 Å². The molecule has 0 saturated carbocycles. The summed E-state index contributed by atoms with van der Waals surface area (Å²) in [6.45, 7) is 2.09. The number of rotatable bonds is 5. The van der Waals surface area contributed by atoms with E-state index in [0.717, 1.165) is 12.0 Å². The fourth-order valence-corrected chi connectivity index (χ4v) is 2.12. The summed E-state index contributed by atoms with van der Waals surface area (Å²) in [5.41, 5.74) is 1.65. The van der Waals surface area contributed by atoms with E-state index in [1.807, 2.05) is 49.4 Å². The van der Waals surface area contributed by atoms with Gasteiger partial charge in [-0.15, -0.1) is 15.3 Å². The molecule has 0 amide bonds. The minimum Gasteiger partial charge on any atom is -0.394 e. The van der Waals surface area contributed by atoms with Gasteiger partial charge in [0.1, 0.15) is 5.82 Å². The van der Waals surface area contributed by atoms with E-state index in [4.69, 9.17) is 0 Å². The lowest BCUT2D eigenvalue weighted by atomic mass is 10.2. The Bertz CT molecular complexity index is 721. The number of nitrogens with one attached hydrogen (secondary N) is 1. The molecule has 1 atom stereocenters. The fraction of sp³-hybridized carbons (Fsp3) is 0.267. The van der Waals surface area contributed by atoms with E-state index < -0.39 is 0 Å². The summed E-state index contributed by atoms with van der Waals surface area (Å²) in [5.74, 6) is 1.40. The van der Waals surface area contributed by atoms with Gasteiger partial charge in [-0.3, -0.25) is 0 Å². The Kier molecular flexibility index (Phi) is 3.79. The van der Waals surface area contributed by atoms with E-state index in [-0.39, 0.29) is 12.6 Å². The monoisotopic (exact) mass is 283 g/mol. The van der Waals surface area contributed by atoms with Crippen molar-refractivity contribution in [3.8, 4) is 11.4 Å². The van der Waals surface area contributed by atoms with Crippen LogP contribution >= 0.6 is 0 Å². The lowest BCUT2D eigenvalue weighted by Gasteiger charge is -2.14. The average molecular weight is 283 g/mol. The maximum Gasteiger partial charge on any atom is 0.185 e. The van der Waals surface area contributed by atoms with E-state index in [2.05, 4.69) is 20.6 Å². The topological polar surface area (TPSA) is 75.3 Å². The van der Waals surface area contributed by atoms with Crippen molar-refractivity contribution in [3.63, 3.8) is 0 Å². The molecule has 3 aromatic rings. The van der Waals surface area contributed by atoms with Crippen molar-refractivity contribution in [3.05, 3.63) is 42.5 Å². The molecular weight excluding hydrogens is 266 g/mol. The van der Waals surface area contributed by atoms with E-state index in [1.54, 1.807) is 4.52 Å². The molecule has 0 aliphatic carbocycles. The molecule has 2 aromatic heterocycles. The summed E-state index contributed by atoms with van der Waals surface area (Å²) in [6.07, 6.45) is 0.823. The number of hydrogen-bond acceptors (Lipinski definition) is 5. The van der Waals surface area contributed by atoms with Crippen LogP contribution in [0.15, 0.2) is 42.5 Å². The number of anilines is 1. The van der Waals surface area contributed by atoms with Crippen LogP contribution in [0.3, 0.4) is 0 Å². The van der Waals surface area contributed by atoms with E-state index in [1.165, 1.54) is 0 Å². The number of aromatic nitrogens is 4. The first kappa shape index (κ1) is 13.5. The second-order valence-corrected chi connectivity index (χ2v) is 4.81. The molecular formula is C15H17N5O. The van der Waals surface area contributed by atoms with Gasteiger partial charge in [-0.05, 0) is 18.6 Å². The standard InChI is InChI=1S/C15H17N5O/c1-2-12(10-21)16-13-8-9-14-17-18-15(20(14)19-13)11-6-4-3-5-7-11/h3-9,12,21H,2,10H2,1H3,(H,16,19)/t12-/m0/s1. The van der Waals surface area contributed by atoms with Gasteiger partial charge in [-0.2, -0.15) is 4.52 Å². The van der Waals surface area contributed by atoms with Crippen molar-refractivity contribution in [2.24, 2.45) is 0 Å².